The van der Waals surface area contributed by atoms with Crippen LogP contribution in [0.15, 0.2) is 0 Å². The summed E-state index contributed by atoms with van der Waals surface area (Å²) in [4.78, 5) is 23.4. The Kier molecular flexibility index (Phi) is 6.99. The fraction of sp³-hybridized carbons (Fsp3) is 0.867. The summed E-state index contributed by atoms with van der Waals surface area (Å²) in [6.45, 7) is 7.14. The summed E-state index contributed by atoms with van der Waals surface area (Å²) < 4.78 is 10.3. The number of carbonyl (C=O) groups is 2. The van der Waals surface area contributed by atoms with Gasteiger partial charge in [0.2, 0.25) is 0 Å². The maximum atomic E-state index is 11.8. The van der Waals surface area contributed by atoms with E-state index in [1.807, 2.05) is 0 Å². The second-order valence-corrected chi connectivity index (χ2v) is 6.02. The van der Waals surface area contributed by atoms with Gasteiger partial charge in [-0.1, -0.05) is 27.2 Å². The lowest BCUT2D eigenvalue weighted by Gasteiger charge is -2.36. The number of esters is 1. The van der Waals surface area contributed by atoms with Crippen molar-refractivity contribution in [2.75, 3.05) is 20.3 Å². The maximum absolute atomic E-state index is 11.8. The molecule has 5 heteroatoms. The van der Waals surface area contributed by atoms with Crippen molar-refractivity contribution >= 4 is 11.9 Å². The molecule has 0 aromatic carbocycles. The zero-order valence-corrected chi connectivity index (χ0v) is 13.0. The van der Waals surface area contributed by atoms with Crippen LogP contribution in [0.2, 0.25) is 0 Å². The van der Waals surface area contributed by atoms with Crippen LogP contribution in [0.1, 0.15) is 40.0 Å². The zero-order valence-electron chi connectivity index (χ0n) is 13.0. The van der Waals surface area contributed by atoms with Crippen molar-refractivity contribution in [3.63, 3.8) is 0 Å². The van der Waals surface area contributed by atoms with Crippen LogP contribution >= 0.6 is 0 Å². The van der Waals surface area contributed by atoms with Gasteiger partial charge in [-0.25, -0.2) is 4.79 Å². The van der Waals surface area contributed by atoms with Crippen molar-refractivity contribution in [3.05, 3.63) is 0 Å². The molecule has 1 aliphatic rings. The van der Waals surface area contributed by atoms with Crippen LogP contribution in [0.4, 0.5) is 0 Å². The van der Waals surface area contributed by atoms with E-state index in [0.29, 0.717) is 30.9 Å². The third-order valence-corrected chi connectivity index (χ3v) is 4.00. The first-order valence-corrected chi connectivity index (χ1v) is 7.43. The van der Waals surface area contributed by atoms with Crippen molar-refractivity contribution in [3.8, 4) is 0 Å². The predicted molar refractivity (Wildman–Crippen MR) is 76.1 cm³/mol. The standard InChI is InChI=1S/C15H27NO4/c1-10(2)12-6-5-11(3)9-13(12)20-15(18)14(17)16-7-8-19-4/h10-13H,5-9H2,1-4H3,(H,16,17)/t11-,12+,13-/m1/s1. The van der Waals surface area contributed by atoms with Gasteiger partial charge < -0.3 is 14.8 Å². The Balaban J connectivity index is 2.50. The molecule has 0 aromatic rings. The van der Waals surface area contributed by atoms with Crippen molar-refractivity contribution in [1.82, 2.24) is 5.32 Å². The average molecular weight is 285 g/mol. The maximum Gasteiger partial charge on any atom is 0.397 e. The van der Waals surface area contributed by atoms with E-state index < -0.39 is 11.9 Å². The van der Waals surface area contributed by atoms with Gasteiger partial charge in [-0.15, -0.1) is 0 Å². The molecule has 0 radical (unpaired) electrons. The highest BCUT2D eigenvalue weighted by molar-refractivity contribution is 6.32. The van der Waals surface area contributed by atoms with Gasteiger partial charge in [-0.2, -0.15) is 0 Å². The Labute approximate surface area is 121 Å². The van der Waals surface area contributed by atoms with Gasteiger partial charge in [0, 0.05) is 13.7 Å². The molecule has 0 heterocycles. The summed E-state index contributed by atoms with van der Waals surface area (Å²) in [6.07, 6.45) is 2.93. The molecule has 1 amide bonds. The van der Waals surface area contributed by atoms with Crippen LogP contribution in [-0.2, 0) is 19.1 Å². The van der Waals surface area contributed by atoms with Crippen LogP contribution in [0, 0.1) is 17.8 Å². The van der Waals surface area contributed by atoms with E-state index in [-0.39, 0.29) is 6.10 Å². The third-order valence-electron chi connectivity index (χ3n) is 4.00. The summed E-state index contributed by atoms with van der Waals surface area (Å²) in [5, 5.41) is 2.49. The van der Waals surface area contributed by atoms with Crippen LogP contribution in [0.25, 0.3) is 0 Å². The van der Waals surface area contributed by atoms with E-state index in [9.17, 15) is 9.59 Å². The molecule has 0 bridgehead atoms. The Bertz CT molecular complexity index is 330. The number of methoxy groups -OCH3 is 1. The van der Waals surface area contributed by atoms with Crippen molar-refractivity contribution in [2.45, 2.75) is 46.1 Å². The second-order valence-electron chi connectivity index (χ2n) is 6.02. The topological polar surface area (TPSA) is 64.6 Å². The lowest BCUT2D eigenvalue weighted by Crippen LogP contribution is -2.41. The summed E-state index contributed by atoms with van der Waals surface area (Å²) in [5.41, 5.74) is 0. The molecule has 0 aromatic heterocycles. The highest BCUT2D eigenvalue weighted by Crippen LogP contribution is 2.35. The highest BCUT2D eigenvalue weighted by Gasteiger charge is 2.34. The van der Waals surface area contributed by atoms with E-state index in [1.165, 1.54) is 0 Å². The van der Waals surface area contributed by atoms with E-state index in [1.54, 1.807) is 7.11 Å². The molecular weight excluding hydrogens is 258 g/mol. The molecule has 0 unspecified atom stereocenters. The molecule has 1 N–H and O–H groups in total. The van der Waals surface area contributed by atoms with Gasteiger partial charge in [0.25, 0.3) is 0 Å². The van der Waals surface area contributed by atoms with E-state index in [2.05, 4.69) is 26.1 Å². The predicted octanol–water partition coefficient (Wildman–Crippen LogP) is 1.75. The molecular formula is C15H27NO4. The molecule has 0 spiro atoms. The van der Waals surface area contributed by atoms with Gasteiger partial charge in [0.05, 0.1) is 6.61 Å². The number of hydrogen-bond acceptors (Lipinski definition) is 4. The second kappa shape index (κ2) is 8.25. The Hall–Kier alpha value is -1.10. The SMILES string of the molecule is COCCNC(=O)C(=O)O[C@@H]1C[C@H](C)CC[C@H]1C(C)C. The molecule has 0 saturated heterocycles. The van der Waals surface area contributed by atoms with Crippen molar-refractivity contribution in [1.29, 1.82) is 0 Å². The van der Waals surface area contributed by atoms with Crippen LogP contribution in [-0.4, -0.2) is 38.2 Å². The molecule has 1 fully saturated rings. The first-order chi connectivity index (χ1) is 9.45. The fourth-order valence-electron chi connectivity index (χ4n) is 2.78. The van der Waals surface area contributed by atoms with Gasteiger partial charge in [-0.05, 0) is 30.6 Å². The van der Waals surface area contributed by atoms with Crippen molar-refractivity contribution in [2.24, 2.45) is 17.8 Å². The summed E-state index contributed by atoms with van der Waals surface area (Å²) >= 11 is 0. The first-order valence-electron chi connectivity index (χ1n) is 7.43. The Morgan fingerprint density at radius 2 is 2.00 bits per heavy atom. The Morgan fingerprint density at radius 3 is 2.60 bits per heavy atom. The highest BCUT2D eigenvalue weighted by atomic mass is 16.5. The zero-order chi connectivity index (χ0) is 15.1. The minimum atomic E-state index is -0.772. The number of amides is 1. The van der Waals surface area contributed by atoms with Crippen LogP contribution < -0.4 is 5.32 Å². The van der Waals surface area contributed by atoms with E-state index >= 15 is 0 Å². The molecule has 3 atom stereocenters. The number of hydrogen-bond donors (Lipinski definition) is 1. The van der Waals surface area contributed by atoms with E-state index in [0.717, 1.165) is 19.3 Å². The summed E-state index contributed by atoms with van der Waals surface area (Å²) in [5.74, 6) is -0.105. The fourth-order valence-corrected chi connectivity index (χ4v) is 2.78. The molecule has 1 aliphatic carbocycles. The van der Waals surface area contributed by atoms with Gasteiger partial charge in [0.1, 0.15) is 6.10 Å². The smallest absolute Gasteiger partial charge is 0.397 e. The molecule has 1 rings (SSSR count). The summed E-state index contributed by atoms with van der Waals surface area (Å²) in [7, 11) is 1.54. The van der Waals surface area contributed by atoms with Gasteiger partial charge in [-0.3, -0.25) is 4.79 Å². The van der Waals surface area contributed by atoms with Crippen molar-refractivity contribution < 1.29 is 19.1 Å². The largest absolute Gasteiger partial charge is 0.455 e. The third kappa shape index (κ3) is 5.12. The number of ether oxygens (including phenoxy) is 2. The van der Waals surface area contributed by atoms with Gasteiger partial charge in [0.15, 0.2) is 0 Å². The number of rotatable bonds is 5. The van der Waals surface area contributed by atoms with E-state index in [4.69, 9.17) is 9.47 Å². The average Bonchev–Trinajstić information content (AvgIpc) is 2.38. The van der Waals surface area contributed by atoms with Crippen LogP contribution in [0.3, 0.4) is 0 Å². The minimum absolute atomic E-state index is 0.139. The normalized spacial score (nSPS) is 26.4. The molecule has 20 heavy (non-hydrogen) atoms. The molecule has 1 saturated carbocycles. The monoisotopic (exact) mass is 285 g/mol. The first kappa shape index (κ1) is 17.0. The summed E-state index contributed by atoms with van der Waals surface area (Å²) in [6, 6.07) is 0. The molecule has 116 valence electrons. The lowest BCUT2D eigenvalue weighted by molar-refractivity contribution is -0.164. The van der Waals surface area contributed by atoms with Gasteiger partial charge >= 0.3 is 11.9 Å². The molecule has 0 aliphatic heterocycles. The number of carbonyl (C=O) groups excluding carboxylic acids is 2. The van der Waals surface area contributed by atoms with Crippen LogP contribution in [0.5, 0.6) is 0 Å². The Morgan fingerprint density at radius 1 is 1.30 bits per heavy atom. The molecule has 5 nitrogen and oxygen atoms in total. The minimum Gasteiger partial charge on any atom is -0.455 e. The lowest BCUT2D eigenvalue weighted by atomic mass is 9.75. The quantitative estimate of drug-likeness (QED) is 0.475. The number of nitrogens with one attached hydrogen (secondary N) is 1.